The molecule has 10 heteroatoms. The van der Waals surface area contributed by atoms with Gasteiger partial charge in [-0.05, 0) is 36.2 Å². The van der Waals surface area contributed by atoms with E-state index in [-0.39, 0.29) is 10.8 Å². The Morgan fingerprint density at radius 2 is 1.87 bits per heavy atom. The SMILES string of the molecule is CCN(CC)S(=O)(=O)c1ccc(C(=O)Nc2sc3c(c2C#N)CCN(C(C)=O)C3)cc1. The molecule has 1 aliphatic heterocycles. The minimum absolute atomic E-state index is 0.0251. The summed E-state index contributed by atoms with van der Waals surface area (Å²) in [7, 11) is -3.60. The van der Waals surface area contributed by atoms with Crippen molar-refractivity contribution in [3.8, 4) is 6.07 Å². The molecule has 31 heavy (non-hydrogen) atoms. The maximum atomic E-state index is 12.7. The summed E-state index contributed by atoms with van der Waals surface area (Å²) in [5.41, 5.74) is 1.59. The third-order valence-electron chi connectivity index (χ3n) is 5.30. The van der Waals surface area contributed by atoms with Crippen LogP contribution in [0.4, 0.5) is 5.00 Å². The number of nitrogens with zero attached hydrogens (tertiary/aromatic N) is 3. The number of nitriles is 1. The standard InChI is InChI=1S/C21H24N4O4S2/c1-4-25(5-2)31(28,29)16-8-6-15(7-9-16)20(27)23-21-18(12-22)17-10-11-24(14(3)26)13-19(17)30-21/h6-9H,4-5,10-11,13H2,1-3H3,(H,23,27). The van der Waals surface area contributed by atoms with E-state index in [0.29, 0.717) is 48.7 Å². The molecule has 0 radical (unpaired) electrons. The lowest BCUT2D eigenvalue weighted by atomic mass is 10.0. The molecule has 0 saturated carbocycles. The molecule has 8 nitrogen and oxygen atoms in total. The fourth-order valence-corrected chi connectivity index (χ4v) is 6.21. The van der Waals surface area contributed by atoms with E-state index in [9.17, 15) is 23.3 Å². The number of amides is 2. The van der Waals surface area contributed by atoms with Gasteiger partial charge in [-0.3, -0.25) is 9.59 Å². The smallest absolute Gasteiger partial charge is 0.256 e. The highest BCUT2D eigenvalue weighted by atomic mass is 32.2. The Bertz CT molecular complexity index is 1140. The highest BCUT2D eigenvalue weighted by Crippen LogP contribution is 2.37. The molecule has 1 aromatic carbocycles. The number of benzene rings is 1. The van der Waals surface area contributed by atoms with Crippen molar-refractivity contribution in [2.24, 2.45) is 0 Å². The lowest BCUT2D eigenvalue weighted by Gasteiger charge is -2.25. The first-order chi connectivity index (χ1) is 14.7. The van der Waals surface area contributed by atoms with Crippen molar-refractivity contribution < 1.29 is 18.0 Å². The highest BCUT2D eigenvalue weighted by Gasteiger charge is 2.27. The summed E-state index contributed by atoms with van der Waals surface area (Å²) < 4.78 is 26.5. The van der Waals surface area contributed by atoms with Crippen molar-refractivity contribution in [2.45, 2.75) is 38.6 Å². The summed E-state index contributed by atoms with van der Waals surface area (Å²) in [5.74, 6) is -0.451. The van der Waals surface area contributed by atoms with E-state index in [2.05, 4.69) is 11.4 Å². The summed E-state index contributed by atoms with van der Waals surface area (Å²) in [4.78, 5) is 27.1. The number of rotatable bonds is 6. The first-order valence-corrected chi connectivity index (χ1v) is 12.2. The van der Waals surface area contributed by atoms with Crippen molar-refractivity contribution in [1.82, 2.24) is 9.21 Å². The number of nitrogens with one attached hydrogen (secondary N) is 1. The van der Waals surface area contributed by atoms with Crippen LogP contribution in [0.2, 0.25) is 0 Å². The quantitative estimate of drug-likeness (QED) is 0.713. The van der Waals surface area contributed by atoms with Crippen LogP contribution in [0.15, 0.2) is 29.2 Å². The predicted molar refractivity (Wildman–Crippen MR) is 118 cm³/mol. The van der Waals surface area contributed by atoms with Crippen LogP contribution >= 0.6 is 11.3 Å². The number of carbonyl (C=O) groups is 2. The monoisotopic (exact) mass is 460 g/mol. The largest absolute Gasteiger partial charge is 0.337 e. The van der Waals surface area contributed by atoms with Crippen LogP contribution in [0.3, 0.4) is 0 Å². The molecule has 0 aliphatic carbocycles. The summed E-state index contributed by atoms with van der Waals surface area (Å²) in [6.45, 7) is 6.75. The van der Waals surface area contributed by atoms with Gasteiger partial charge in [0.15, 0.2) is 0 Å². The number of hydrogen-bond donors (Lipinski definition) is 1. The number of fused-ring (bicyclic) bond motifs is 1. The van der Waals surface area contributed by atoms with E-state index in [1.165, 1.54) is 46.8 Å². The van der Waals surface area contributed by atoms with Gasteiger partial charge in [0.25, 0.3) is 5.91 Å². The van der Waals surface area contributed by atoms with Gasteiger partial charge in [-0.1, -0.05) is 13.8 Å². The van der Waals surface area contributed by atoms with Gasteiger partial charge in [0, 0.05) is 37.0 Å². The average Bonchev–Trinajstić information content (AvgIpc) is 3.10. The Hall–Kier alpha value is -2.74. The van der Waals surface area contributed by atoms with Crippen LogP contribution in [0.1, 0.15) is 47.1 Å². The number of thiophene rings is 1. The second kappa shape index (κ2) is 9.18. The molecule has 0 unspecified atom stereocenters. The summed E-state index contributed by atoms with van der Waals surface area (Å²) in [5, 5.41) is 12.8. The van der Waals surface area contributed by atoms with Gasteiger partial charge in [0.05, 0.1) is 17.0 Å². The first kappa shape index (κ1) is 22.9. The Kier molecular flexibility index (Phi) is 6.79. The molecule has 3 rings (SSSR count). The topological polar surface area (TPSA) is 111 Å². The van der Waals surface area contributed by atoms with Crippen molar-refractivity contribution in [1.29, 1.82) is 5.26 Å². The van der Waals surface area contributed by atoms with E-state index >= 15 is 0 Å². The van der Waals surface area contributed by atoms with Crippen LogP contribution in [0.5, 0.6) is 0 Å². The summed E-state index contributed by atoms with van der Waals surface area (Å²) in [6.07, 6.45) is 0.572. The molecule has 0 spiro atoms. The average molecular weight is 461 g/mol. The Labute approximate surface area is 186 Å². The normalized spacial score (nSPS) is 13.6. The van der Waals surface area contributed by atoms with Crippen molar-refractivity contribution in [3.63, 3.8) is 0 Å². The Balaban J connectivity index is 1.81. The summed E-state index contributed by atoms with van der Waals surface area (Å²) in [6, 6.07) is 7.92. The third kappa shape index (κ3) is 4.49. The van der Waals surface area contributed by atoms with Crippen LogP contribution in [-0.2, 0) is 27.8 Å². The minimum Gasteiger partial charge on any atom is -0.337 e. The Morgan fingerprint density at radius 3 is 2.42 bits per heavy atom. The van der Waals surface area contributed by atoms with E-state index < -0.39 is 15.9 Å². The lowest BCUT2D eigenvalue weighted by molar-refractivity contribution is -0.129. The molecule has 1 aromatic heterocycles. The molecule has 2 amide bonds. The zero-order valence-electron chi connectivity index (χ0n) is 17.6. The Morgan fingerprint density at radius 1 is 1.23 bits per heavy atom. The fourth-order valence-electron chi connectivity index (χ4n) is 3.54. The molecule has 2 aromatic rings. The number of sulfonamides is 1. The lowest BCUT2D eigenvalue weighted by Crippen LogP contribution is -2.33. The number of carbonyl (C=O) groups excluding carboxylic acids is 2. The number of anilines is 1. The molecule has 164 valence electrons. The minimum atomic E-state index is -3.60. The van der Waals surface area contributed by atoms with Crippen molar-refractivity contribution in [2.75, 3.05) is 25.0 Å². The van der Waals surface area contributed by atoms with E-state index in [4.69, 9.17) is 0 Å². The van der Waals surface area contributed by atoms with Gasteiger partial charge >= 0.3 is 0 Å². The fraction of sp³-hybridized carbons (Fsp3) is 0.381. The third-order valence-corrected chi connectivity index (χ3v) is 8.50. The van der Waals surface area contributed by atoms with E-state index in [1.807, 2.05) is 0 Å². The zero-order valence-corrected chi connectivity index (χ0v) is 19.3. The molecular formula is C21H24N4O4S2. The van der Waals surface area contributed by atoms with Crippen LogP contribution in [0, 0.1) is 11.3 Å². The molecule has 0 atom stereocenters. The summed E-state index contributed by atoms with van der Waals surface area (Å²) >= 11 is 1.30. The van der Waals surface area contributed by atoms with Crippen LogP contribution in [0.25, 0.3) is 0 Å². The van der Waals surface area contributed by atoms with Gasteiger partial charge in [-0.25, -0.2) is 8.42 Å². The zero-order chi connectivity index (χ0) is 22.8. The van der Waals surface area contributed by atoms with Gasteiger partial charge < -0.3 is 10.2 Å². The van der Waals surface area contributed by atoms with E-state index in [0.717, 1.165) is 10.4 Å². The molecular weight excluding hydrogens is 436 g/mol. The molecule has 1 N–H and O–H groups in total. The van der Waals surface area contributed by atoms with Crippen molar-refractivity contribution >= 4 is 38.2 Å². The maximum absolute atomic E-state index is 12.7. The maximum Gasteiger partial charge on any atom is 0.256 e. The number of hydrogen-bond acceptors (Lipinski definition) is 6. The molecule has 0 saturated heterocycles. The predicted octanol–water partition coefficient (Wildman–Crippen LogP) is 2.81. The van der Waals surface area contributed by atoms with Crippen LogP contribution < -0.4 is 5.32 Å². The van der Waals surface area contributed by atoms with Crippen molar-refractivity contribution in [3.05, 3.63) is 45.8 Å². The van der Waals surface area contributed by atoms with E-state index in [1.54, 1.807) is 18.7 Å². The molecule has 2 heterocycles. The van der Waals surface area contributed by atoms with Gasteiger partial charge in [0.1, 0.15) is 11.1 Å². The molecule has 0 bridgehead atoms. The second-order valence-corrected chi connectivity index (χ2v) is 10.1. The first-order valence-electron chi connectivity index (χ1n) is 9.94. The molecule has 0 fully saturated rings. The van der Waals surface area contributed by atoms with Crippen LogP contribution in [-0.4, -0.2) is 49.1 Å². The van der Waals surface area contributed by atoms with Gasteiger partial charge in [-0.2, -0.15) is 9.57 Å². The van der Waals surface area contributed by atoms with Gasteiger partial charge in [-0.15, -0.1) is 11.3 Å². The molecule has 1 aliphatic rings. The second-order valence-electron chi connectivity index (χ2n) is 7.08. The van der Waals surface area contributed by atoms with Gasteiger partial charge in [0.2, 0.25) is 15.9 Å². The highest BCUT2D eigenvalue weighted by molar-refractivity contribution is 7.89.